The van der Waals surface area contributed by atoms with Gasteiger partial charge in [-0.15, -0.1) is 0 Å². The second kappa shape index (κ2) is 5.56. The van der Waals surface area contributed by atoms with Crippen molar-refractivity contribution in [2.45, 2.75) is 20.8 Å². The summed E-state index contributed by atoms with van der Waals surface area (Å²) >= 11 is 5.53. The molecule has 12 heavy (non-hydrogen) atoms. The van der Waals surface area contributed by atoms with E-state index >= 15 is 0 Å². The molecule has 3 heteroatoms. The van der Waals surface area contributed by atoms with Crippen molar-refractivity contribution in [2.75, 3.05) is 0 Å². The van der Waals surface area contributed by atoms with Gasteiger partial charge in [-0.2, -0.15) is 5.26 Å². The molecule has 1 rings (SSSR count). The van der Waals surface area contributed by atoms with Gasteiger partial charge in [0.05, 0.1) is 11.6 Å². The molecule has 0 bridgehead atoms. The molecule has 0 saturated heterocycles. The Labute approximate surface area is 77.8 Å². The monoisotopic (exact) mass is 182 g/mol. The average molecular weight is 183 g/mol. The molecule has 1 heterocycles. The minimum atomic E-state index is 0.363. The normalized spacial score (nSPS) is 7.92. The van der Waals surface area contributed by atoms with Gasteiger partial charge in [0.1, 0.15) is 5.15 Å². The van der Waals surface area contributed by atoms with Crippen molar-refractivity contribution in [1.29, 1.82) is 5.26 Å². The molecule has 2 nitrogen and oxygen atoms in total. The van der Waals surface area contributed by atoms with Gasteiger partial charge in [0.25, 0.3) is 0 Å². The topological polar surface area (TPSA) is 36.7 Å². The summed E-state index contributed by atoms with van der Waals surface area (Å²) in [5, 5.41) is 8.87. The molecule has 64 valence electrons. The molecule has 0 aliphatic rings. The summed E-state index contributed by atoms with van der Waals surface area (Å²) in [7, 11) is 0. The van der Waals surface area contributed by atoms with E-state index in [-0.39, 0.29) is 0 Å². The Morgan fingerprint density at radius 2 is 2.08 bits per heavy atom. The third-order valence-corrected chi connectivity index (χ3v) is 1.40. The van der Waals surface area contributed by atoms with Gasteiger partial charge in [-0.1, -0.05) is 25.4 Å². The maximum atomic E-state index is 8.51. The van der Waals surface area contributed by atoms with Crippen molar-refractivity contribution in [3.8, 4) is 6.07 Å². The number of aromatic nitrogens is 1. The smallest absolute Gasteiger partial charge is 0.130 e. The maximum absolute atomic E-state index is 8.51. The molecule has 0 atom stereocenters. The van der Waals surface area contributed by atoms with Gasteiger partial charge in [0.15, 0.2) is 0 Å². The van der Waals surface area contributed by atoms with Gasteiger partial charge < -0.3 is 0 Å². The van der Waals surface area contributed by atoms with Gasteiger partial charge >= 0.3 is 0 Å². The van der Waals surface area contributed by atoms with E-state index in [0.29, 0.717) is 10.7 Å². The predicted molar refractivity (Wildman–Crippen MR) is 50.0 cm³/mol. The van der Waals surface area contributed by atoms with E-state index in [1.54, 1.807) is 12.3 Å². The highest BCUT2D eigenvalue weighted by molar-refractivity contribution is 6.29. The fourth-order valence-electron chi connectivity index (χ4n) is 0.619. The summed E-state index contributed by atoms with van der Waals surface area (Å²) in [4.78, 5) is 3.80. The number of hydrogen-bond acceptors (Lipinski definition) is 2. The Bertz CT molecular complexity index is 289. The molecule has 0 saturated carbocycles. The zero-order valence-electron chi connectivity index (χ0n) is 7.43. The van der Waals surface area contributed by atoms with Gasteiger partial charge in [-0.05, 0) is 18.6 Å². The van der Waals surface area contributed by atoms with Crippen LogP contribution in [0.2, 0.25) is 5.15 Å². The Kier molecular flexibility index (Phi) is 5.07. The molecule has 0 aliphatic heterocycles. The van der Waals surface area contributed by atoms with Crippen LogP contribution in [0.1, 0.15) is 25.0 Å². The predicted octanol–water partition coefficient (Wildman–Crippen LogP) is 2.94. The van der Waals surface area contributed by atoms with Gasteiger partial charge in [-0.25, -0.2) is 4.98 Å². The molecule has 0 radical (unpaired) electrons. The summed E-state index contributed by atoms with van der Waals surface area (Å²) in [5.41, 5.74) is 1.44. The van der Waals surface area contributed by atoms with Gasteiger partial charge in [-0.3, -0.25) is 0 Å². The number of aryl methyl sites for hydroxylation is 1. The number of hydrogen-bond donors (Lipinski definition) is 0. The maximum Gasteiger partial charge on any atom is 0.130 e. The van der Waals surface area contributed by atoms with Crippen molar-refractivity contribution < 1.29 is 0 Å². The van der Waals surface area contributed by atoms with Crippen molar-refractivity contribution in [3.05, 3.63) is 28.5 Å². The molecule has 0 spiro atoms. The van der Waals surface area contributed by atoms with E-state index in [2.05, 4.69) is 4.98 Å². The lowest BCUT2D eigenvalue weighted by Gasteiger charge is -1.93. The number of rotatable bonds is 0. The molecular weight excluding hydrogens is 172 g/mol. The van der Waals surface area contributed by atoms with Crippen LogP contribution in [0.4, 0.5) is 0 Å². The first kappa shape index (κ1) is 10.9. The summed E-state index contributed by atoms with van der Waals surface area (Å²) in [5.74, 6) is 0. The van der Waals surface area contributed by atoms with E-state index in [9.17, 15) is 0 Å². The van der Waals surface area contributed by atoms with E-state index < -0.39 is 0 Å². The molecule has 0 aromatic carbocycles. The number of pyridine rings is 1. The van der Waals surface area contributed by atoms with Crippen molar-refractivity contribution in [2.24, 2.45) is 0 Å². The van der Waals surface area contributed by atoms with Crippen LogP contribution in [0.5, 0.6) is 0 Å². The largest absolute Gasteiger partial charge is 0.244 e. The van der Waals surface area contributed by atoms with Crippen LogP contribution < -0.4 is 0 Å². The summed E-state index contributed by atoms with van der Waals surface area (Å²) < 4.78 is 0. The number of halogens is 1. The van der Waals surface area contributed by atoms with Gasteiger partial charge in [0.2, 0.25) is 0 Å². The minimum Gasteiger partial charge on any atom is -0.244 e. The zero-order chi connectivity index (χ0) is 9.56. The SMILES string of the molecule is CC.Cc1cnc(Cl)cc1C#N. The van der Waals surface area contributed by atoms with Crippen molar-refractivity contribution in [3.63, 3.8) is 0 Å². The van der Waals surface area contributed by atoms with E-state index in [4.69, 9.17) is 16.9 Å². The van der Waals surface area contributed by atoms with E-state index in [0.717, 1.165) is 5.56 Å². The molecule has 1 aromatic rings. The first-order valence-corrected chi connectivity index (χ1v) is 4.14. The van der Waals surface area contributed by atoms with Crippen LogP contribution in [-0.4, -0.2) is 4.98 Å². The number of nitriles is 1. The van der Waals surface area contributed by atoms with Crippen LogP contribution in [0.15, 0.2) is 12.3 Å². The Hall–Kier alpha value is -1.07. The number of nitrogens with zero attached hydrogens (tertiary/aromatic N) is 2. The van der Waals surface area contributed by atoms with Crippen LogP contribution in [0, 0.1) is 18.3 Å². The fourth-order valence-corrected chi connectivity index (χ4v) is 0.777. The van der Waals surface area contributed by atoms with E-state index in [1.807, 2.05) is 26.8 Å². The molecule has 0 amide bonds. The van der Waals surface area contributed by atoms with Crippen molar-refractivity contribution >= 4 is 11.6 Å². The second-order valence-corrected chi connectivity index (χ2v) is 2.32. The molecule has 0 unspecified atom stereocenters. The third-order valence-electron chi connectivity index (χ3n) is 1.19. The van der Waals surface area contributed by atoms with Gasteiger partial charge in [0, 0.05) is 6.20 Å². The average Bonchev–Trinajstić information content (AvgIpc) is 2.13. The minimum absolute atomic E-state index is 0.363. The molecule has 1 aromatic heterocycles. The summed E-state index contributed by atoms with van der Waals surface area (Å²) in [6, 6.07) is 3.56. The standard InChI is InChI=1S/C7H5ClN2.C2H6/c1-5-4-10-7(8)2-6(5)3-9;1-2/h2,4H,1H3;1-2H3. The first-order valence-electron chi connectivity index (χ1n) is 3.76. The Morgan fingerprint density at radius 3 is 2.50 bits per heavy atom. The Morgan fingerprint density at radius 1 is 1.50 bits per heavy atom. The summed E-state index contributed by atoms with van der Waals surface area (Å²) in [6.45, 7) is 5.82. The lowest BCUT2D eigenvalue weighted by molar-refractivity contribution is 1.25. The highest BCUT2D eigenvalue weighted by Gasteiger charge is 1.96. The molecule has 0 aliphatic carbocycles. The Balaban J connectivity index is 0.000000561. The third kappa shape index (κ3) is 2.89. The molecule has 0 fully saturated rings. The lowest BCUT2D eigenvalue weighted by Crippen LogP contribution is -1.83. The molecule has 0 N–H and O–H groups in total. The zero-order valence-corrected chi connectivity index (χ0v) is 8.18. The van der Waals surface area contributed by atoms with Crippen LogP contribution in [0.25, 0.3) is 0 Å². The van der Waals surface area contributed by atoms with Crippen molar-refractivity contribution in [1.82, 2.24) is 4.98 Å². The highest BCUT2D eigenvalue weighted by Crippen LogP contribution is 2.10. The highest BCUT2D eigenvalue weighted by atomic mass is 35.5. The summed E-state index contributed by atoms with van der Waals surface area (Å²) in [6.07, 6.45) is 1.58. The van der Waals surface area contributed by atoms with E-state index in [1.165, 1.54) is 0 Å². The second-order valence-electron chi connectivity index (χ2n) is 1.93. The molecular formula is C9H11ClN2. The van der Waals surface area contributed by atoms with Crippen LogP contribution in [-0.2, 0) is 0 Å². The van der Waals surface area contributed by atoms with Crippen LogP contribution in [0.3, 0.4) is 0 Å². The van der Waals surface area contributed by atoms with Crippen LogP contribution >= 0.6 is 11.6 Å². The fraction of sp³-hybridized carbons (Fsp3) is 0.333. The quantitative estimate of drug-likeness (QED) is 0.579. The first-order chi connectivity index (χ1) is 5.74. The lowest BCUT2D eigenvalue weighted by atomic mass is 10.2.